The molecule has 0 saturated carbocycles. The summed E-state index contributed by atoms with van der Waals surface area (Å²) in [4.78, 5) is 2.47. The molecule has 1 saturated heterocycles. The Labute approximate surface area is 121 Å². The summed E-state index contributed by atoms with van der Waals surface area (Å²) in [5, 5.41) is 0. The molecule has 2 rings (SSSR count). The Balaban J connectivity index is 1.92. The number of likely N-dealkylation sites (tertiary alicyclic amines) is 1. The van der Waals surface area contributed by atoms with Crippen molar-refractivity contribution >= 4 is 0 Å². The Morgan fingerprint density at radius 3 is 2.65 bits per heavy atom. The fourth-order valence-corrected chi connectivity index (χ4v) is 2.61. The Hall–Kier alpha value is -1.26. The SMILES string of the molecule is COc1ccc([C@@H](C)N)c(OCCN2CCCCC2)c1. The second-order valence-electron chi connectivity index (χ2n) is 5.44. The van der Waals surface area contributed by atoms with Crippen LogP contribution in [0, 0.1) is 0 Å². The molecule has 20 heavy (non-hydrogen) atoms. The van der Waals surface area contributed by atoms with Gasteiger partial charge in [0, 0.05) is 24.2 Å². The Morgan fingerprint density at radius 2 is 2.00 bits per heavy atom. The Morgan fingerprint density at radius 1 is 1.25 bits per heavy atom. The molecule has 0 unspecified atom stereocenters. The maximum absolute atomic E-state index is 5.99. The van der Waals surface area contributed by atoms with Crippen LogP contribution in [0.5, 0.6) is 11.5 Å². The van der Waals surface area contributed by atoms with Crippen molar-refractivity contribution < 1.29 is 9.47 Å². The molecule has 2 N–H and O–H groups in total. The lowest BCUT2D eigenvalue weighted by Crippen LogP contribution is -2.33. The molecule has 0 spiro atoms. The molecular formula is C16H26N2O2. The van der Waals surface area contributed by atoms with Crippen molar-refractivity contribution in [3.63, 3.8) is 0 Å². The van der Waals surface area contributed by atoms with Gasteiger partial charge in [0.1, 0.15) is 18.1 Å². The maximum Gasteiger partial charge on any atom is 0.127 e. The number of methoxy groups -OCH3 is 1. The Kier molecular flexibility index (Phi) is 5.68. The van der Waals surface area contributed by atoms with Crippen LogP contribution in [-0.4, -0.2) is 38.3 Å². The summed E-state index contributed by atoms with van der Waals surface area (Å²) < 4.78 is 11.2. The van der Waals surface area contributed by atoms with Gasteiger partial charge in [-0.1, -0.05) is 12.5 Å². The molecule has 4 nitrogen and oxygen atoms in total. The number of hydrogen-bond donors (Lipinski definition) is 1. The van der Waals surface area contributed by atoms with E-state index in [0.29, 0.717) is 6.61 Å². The number of nitrogens with zero attached hydrogens (tertiary/aromatic N) is 1. The van der Waals surface area contributed by atoms with E-state index in [2.05, 4.69) is 4.90 Å². The van der Waals surface area contributed by atoms with E-state index in [1.54, 1.807) is 7.11 Å². The molecule has 0 radical (unpaired) electrons. The van der Waals surface area contributed by atoms with E-state index in [9.17, 15) is 0 Å². The highest BCUT2D eigenvalue weighted by molar-refractivity contribution is 5.42. The molecule has 1 aromatic rings. The minimum absolute atomic E-state index is 0.0362. The second kappa shape index (κ2) is 7.50. The van der Waals surface area contributed by atoms with Gasteiger partial charge in [0.25, 0.3) is 0 Å². The first-order chi connectivity index (χ1) is 9.70. The first-order valence-electron chi connectivity index (χ1n) is 7.49. The topological polar surface area (TPSA) is 47.7 Å². The van der Waals surface area contributed by atoms with Crippen LogP contribution in [-0.2, 0) is 0 Å². The van der Waals surface area contributed by atoms with Gasteiger partial charge < -0.3 is 15.2 Å². The van der Waals surface area contributed by atoms with E-state index in [4.69, 9.17) is 15.2 Å². The molecule has 1 aromatic carbocycles. The van der Waals surface area contributed by atoms with Crippen molar-refractivity contribution in [1.29, 1.82) is 0 Å². The summed E-state index contributed by atoms with van der Waals surface area (Å²) in [6, 6.07) is 5.80. The zero-order valence-electron chi connectivity index (χ0n) is 12.6. The average Bonchev–Trinajstić information content (AvgIpc) is 2.48. The molecule has 1 aliphatic heterocycles. The summed E-state index contributed by atoms with van der Waals surface area (Å²) in [6.45, 7) is 6.05. The molecule has 0 bridgehead atoms. The summed E-state index contributed by atoms with van der Waals surface area (Å²) in [5.41, 5.74) is 7.02. The van der Waals surface area contributed by atoms with Gasteiger partial charge in [0.15, 0.2) is 0 Å². The third-order valence-electron chi connectivity index (χ3n) is 3.83. The first kappa shape index (κ1) is 15.1. The van der Waals surface area contributed by atoms with Gasteiger partial charge in [-0.05, 0) is 38.9 Å². The molecule has 1 fully saturated rings. The quantitative estimate of drug-likeness (QED) is 0.869. The van der Waals surface area contributed by atoms with E-state index < -0.39 is 0 Å². The van der Waals surface area contributed by atoms with Crippen molar-refractivity contribution in [2.24, 2.45) is 5.73 Å². The molecular weight excluding hydrogens is 252 g/mol. The number of nitrogens with two attached hydrogens (primary N) is 1. The van der Waals surface area contributed by atoms with Crippen molar-refractivity contribution in [3.8, 4) is 11.5 Å². The van der Waals surface area contributed by atoms with Gasteiger partial charge >= 0.3 is 0 Å². The molecule has 112 valence electrons. The first-order valence-corrected chi connectivity index (χ1v) is 7.49. The summed E-state index contributed by atoms with van der Waals surface area (Å²) >= 11 is 0. The monoisotopic (exact) mass is 278 g/mol. The van der Waals surface area contributed by atoms with E-state index in [-0.39, 0.29) is 6.04 Å². The molecule has 1 heterocycles. The van der Waals surface area contributed by atoms with Crippen LogP contribution in [0.3, 0.4) is 0 Å². The minimum atomic E-state index is -0.0362. The van der Waals surface area contributed by atoms with Gasteiger partial charge in [-0.15, -0.1) is 0 Å². The van der Waals surface area contributed by atoms with E-state index >= 15 is 0 Å². The highest BCUT2D eigenvalue weighted by Gasteiger charge is 2.12. The molecule has 1 atom stereocenters. The smallest absolute Gasteiger partial charge is 0.127 e. The van der Waals surface area contributed by atoms with Crippen LogP contribution < -0.4 is 15.2 Å². The summed E-state index contributed by atoms with van der Waals surface area (Å²) in [7, 11) is 1.67. The third kappa shape index (κ3) is 4.12. The number of hydrogen-bond acceptors (Lipinski definition) is 4. The molecule has 0 amide bonds. The number of piperidine rings is 1. The lowest BCUT2D eigenvalue weighted by molar-refractivity contribution is 0.182. The van der Waals surface area contributed by atoms with Crippen LogP contribution >= 0.6 is 0 Å². The van der Waals surface area contributed by atoms with Crippen LogP contribution in [0.1, 0.15) is 37.8 Å². The van der Waals surface area contributed by atoms with Crippen molar-refractivity contribution in [1.82, 2.24) is 4.90 Å². The zero-order chi connectivity index (χ0) is 14.4. The van der Waals surface area contributed by atoms with Gasteiger partial charge in [-0.2, -0.15) is 0 Å². The summed E-state index contributed by atoms with van der Waals surface area (Å²) in [5.74, 6) is 1.65. The van der Waals surface area contributed by atoms with Crippen molar-refractivity contribution in [2.75, 3.05) is 33.4 Å². The van der Waals surface area contributed by atoms with Gasteiger partial charge in [-0.3, -0.25) is 4.90 Å². The van der Waals surface area contributed by atoms with Crippen LogP contribution in [0.4, 0.5) is 0 Å². The zero-order valence-corrected chi connectivity index (χ0v) is 12.6. The number of rotatable bonds is 6. The third-order valence-corrected chi connectivity index (χ3v) is 3.83. The lowest BCUT2D eigenvalue weighted by Gasteiger charge is -2.26. The van der Waals surface area contributed by atoms with Crippen molar-refractivity contribution in [3.05, 3.63) is 23.8 Å². The normalized spacial score (nSPS) is 17.8. The molecule has 0 aliphatic carbocycles. The van der Waals surface area contributed by atoms with E-state index in [1.165, 1.54) is 32.4 Å². The summed E-state index contributed by atoms with van der Waals surface area (Å²) in [6.07, 6.45) is 3.98. The minimum Gasteiger partial charge on any atom is -0.497 e. The average molecular weight is 278 g/mol. The highest BCUT2D eigenvalue weighted by Crippen LogP contribution is 2.28. The van der Waals surface area contributed by atoms with Gasteiger partial charge in [0.2, 0.25) is 0 Å². The van der Waals surface area contributed by atoms with Crippen LogP contribution in [0.15, 0.2) is 18.2 Å². The predicted molar refractivity (Wildman–Crippen MR) is 81.4 cm³/mol. The standard InChI is InChI=1S/C16H26N2O2/c1-13(17)15-7-6-14(19-2)12-16(15)20-11-10-18-8-4-3-5-9-18/h6-7,12-13H,3-5,8-11,17H2,1-2H3/t13-/m1/s1. The highest BCUT2D eigenvalue weighted by atomic mass is 16.5. The predicted octanol–water partition coefficient (Wildman–Crippen LogP) is 2.58. The van der Waals surface area contributed by atoms with Gasteiger partial charge in [-0.25, -0.2) is 0 Å². The van der Waals surface area contributed by atoms with E-state index in [1.807, 2.05) is 25.1 Å². The largest absolute Gasteiger partial charge is 0.497 e. The molecule has 4 heteroatoms. The maximum atomic E-state index is 5.99. The van der Waals surface area contributed by atoms with Gasteiger partial charge in [0.05, 0.1) is 7.11 Å². The fraction of sp³-hybridized carbons (Fsp3) is 0.625. The number of benzene rings is 1. The second-order valence-corrected chi connectivity index (χ2v) is 5.44. The van der Waals surface area contributed by atoms with Crippen LogP contribution in [0.2, 0.25) is 0 Å². The van der Waals surface area contributed by atoms with E-state index in [0.717, 1.165) is 23.6 Å². The fourth-order valence-electron chi connectivity index (χ4n) is 2.61. The van der Waals surface area contributed by atoms with Crippen molar-refractivity contribution in [2.45, 2.75) is 32.2 Å². The molecule has 1 aliphatic rings. The number of ether oxygens (including phenoxy) is 2. The molecule has 0 aromatic heterocycles. The van der Waals surface area contributed by atoms with Crippen LogP contribution in [0.25, 0.3) is 0 Å². The lowest BCUT2D eigenvalue weighted by atomic mass is 10.1. The Bertz CT molecular complexity index is 415.